The molecule has 2 unspecified atom stereocenters. The molecule has 0 bridgehead atoms. The zero-order chi connectivity index (χ0) is 24.4. The molecule has 2 saturated heterocycles. The molecular formula is C27H54N4OS. The minimum atomic E-state index is 0.178. The van der Waals surface area contributed by atoms with Crippen molar-refractivity contribution in [2.24, 2.45) is 5.92 Å². The monoisotopic (exact) mass is 482 g/mol. The van der Waals surface area contributed by atoms with Crippen LogP contribution in [-0.2, 0) is 4.74 Å². The van der Waals surface area contributed by atoms with Gasteiger partial charge in [-0.15, -0.1) is 0 Å². The largest absolute Gasteiger partial charge is 0.380 e. The van der Waals surface area contributed by atoms with Crippen LogP contribution in [0.25, 0.3) is 0 Å². The van der Waals surface area contributed by atoms with Crippen LogP contribution in [0.3, 0.4) is 0 Å². The number of piperazine rings is 2. The fourth-order valence-electron chi connectivity index (χ4n) is 6.27. The van der Waals surface area contributed by atoms with E-state index >= 15 is 0 Å². The molecule has 0 N–H and O–H groups in total. The Morgan fingerprint density at radius 2 is 1.45 bits per heavy atom. The molecule has 6 heteroatoms. The molecule has 0 spiro atoms. The van der Waals surface area contributed by atoms with Crippen LogP contribution in [0.4, 0.5) is 0 Å². The summed E-state index contributed by atoms with van der Waals surface area (Å²) in [7, 11) is 0. The van der Waals surface area contributed by atoms with Crippen LogP contribution < -0.4 is 0 Å². The Labute approximate surface area is 211 Å². The topological polar surface area (TPSA) is 22.2 Å². The van der Waals surface area contributed by atoms with Gasteiger partial charge in [0.2, 0.25) is 0 Å². The zero-order valence-electron chi connectivity index (χ0n) is 23.1. The van der Waals surface area contributed by atoms with E-state index in [0.29, 0.717) is 6.04 Å². The van der Waals surface area contributed by atoms with Crippen LogP contribution >= 0.6 is 12.8 Å². The van der Waals surface area contributed by atoms with E-state index in [4.69, 9.17) is 4.74 Å². The van der Waals surface area contributed by atoms with E-state index in [1.165, 1.54) is 45.3 Å². The van der Waals surface area contributed by atoms with Gasteiger partial charge in [0, 0.05) is 74.6 Å². The molecule has 0 radical (unpaired) electrons. The molecule has 194 valence electrons. The van der Waals surface area contributed by atoms with Crippen LogP contribution in [-0.4, -0.2) is 100 Å². The summed E-state index contributed by atoms with van der Waals surface area (Å²) in [6, 6.07) is 1.15. The lowest BCUT2D eigenvalue weighted by Gasteiger charge is -2.55. The lowest BCUT2D eigenvalue weighted by Crippen LogP contribution is -2.65. The summed E-state index contributed by atoms with van der Waals surface area (Å²) in [6.07, 6.45) is 6.61. The summed E-state index contributed by atoms with van der Waals surface area (Å²) in [6.45, 7) is 27.4. The minimum Gasteiger partial charge on any atom is -0.380 e. The van der Waals surface area contributed by atoms with Crippen LogP contribution in [0.15, 0.2) is 0 Å². The Morgan fingerprint density at radius 3 is 2.03 bits per heavy atom. The summed E-state index contributed by atoms with van der Waals surface area (Å²) < 4.78 is 8.40. The molecule has 2 aliphatic heterocycles. The fourth-order valence-corrected chi connectivity index (χ4v) is 6.55. The van der Waals surface area contributed by atoms with Crippen LogP contribution in [0.1, 0.15) is 87.5 Å². The third-order valence-electron chi connectivity index (χ3n) is 8.54. The van der Waals surface area contributed by atoms with Gasteiger partial charge in [-0.3, -0.25) is 19.0 Å². The molecular weight excluding hydrogens is 428 g/mol. The average Bonchev–Trinajstić information content (AvgIpc) is 2.64. The van der Waals surface area contributed by atoms with E-state index in [0.717, 1.165) is 51.2 Å². The fraction of sp³-hybridized carbons (Fsp3) is 1.00. The van der Waals surface area contributed by atoms with Crippen molar-refractivity contribution in [3.8, 4) is 0 Å². The van der Waals surface area contributed by atoms with Gasteiger partial charge in [0.05, 0.1) is 6.61 Å². The van der Waals surface area contributed by atoms with Gasteiger partial charge in [-0.25, -0.2) is 0 Å². The van der Waals surface area contributed by atoms with E-state index in [2.05, 4.69) is 87.2 Å². The van der Waals surface area contributed by atoms with E-state index in [1.54, 1.807) is 0 Å². The molecule has 3 fully saturated rings. The second-order valence-corrected chi connectivity index (χ2v) is 14.1. The van der Waals surface area contributed by atoms with Crippen molar-refractivity contribution in [1.29, 1.82) is 0 Å². The Morgan fingerprint density at radius 1 is 0.818 bits per heavy atom. The van der Waals surface area contributed by atoms with E-state index in [9.17, 15) is 0 Å². The van der Waals surface area contributed by atoms with Crippen molar-refractivity contribution < 1.29 is 4.74 Å². The van der Waals surface area contributed by atoms with E-state index in [1.807, 2.05) is 0 Å². The maximum atomic E-state index is 6.25. The van der Waals surface area contributed by atoms with Crippen molar-refractivity contribution in [3.05, 3.63) is 0 Å². The number of hydrogen-bond donors (Lipinski definition) is 1. The number of thiol groups is 1. The molecule has 5 nitrogen and oxygen atoms in total. The van der Waals surface area contributed by atoms with Crippen molar-refractivity contribution >= 4 is 12.8 Å². The third kappa shape index (κ3) is 7.33. The lowest BCUT2D eigenvalue weighted by molar-refractivity contribution is -0.0635. The van der Waals surface area contributed by atoms with Crippen LogP contribution in [0, 0.1) is 5.92 Å². The predicted octanol–water partition coefficient (Wildman–Crippen LogP) is 4.78. The summed E-state index contributed by atoms with van der Waals surface area (Å²) in [5, 5.41) is 0. The molecule has 0 aromatic carbocycles. The van der Waals surface area contributed by atoms with Crippen molar-refractivity contribution in [3.63, 3.8) is 0 Å². The normalized spacial score (nSPS) is 28.3. The molecule has 3 aliphatic rings. The number of hydrogen-bond acceptors (Lipinski definition) is 6. The van der Waals surface area contributed by atoms with Crippen LogP contribution in [0.2, 0.25) is 0 Å². The number of ether oxygens (including phenoxy) is 1. The Bertz CT molecular complexity index is 610. The third-order valence-corrected chi connectivity index (χ3v) is 8.90. The van der Waals surface area contributed by atoms with Gasteiger partial charge < -0.3 is 4.74 Å². The van der Waals surface area contributed by atoms with Gasteiger partial charge in [-0.05, 0) is 87.0 Å². The van der Waals surface area contributed by atoms with Gasteiger partial charge in [-0.2, -0.15) is 0 Å². The van der Waals surface area contributed by atoms with Gasteiger partial charge >= 0.3 is 0 Å². The van der Waals surface area contributed by atoms with Crippen LogP contribution in [0.5, 0.6) is 0 Å². The first-order valence-electron chi connectivity index (χ1n) is 13.6. The first-order valence-corrected chi connectivity index (χ1v) is 14.0. The second kappa shape index (κ2) is 11.0. The highest BCUT2D eigenvalue weighted by molar-refractivity contribution is 7.77. The summed E-state index contributed by atoms with van der Waals surface area (Å²) in [5.74, 6) is 0.902. The summed E-state index contributed by atoms with van der Waals surface area (Å²) in [5.41, 5.74) is 0.684. The lowest BCUT2D eigenvalue weighted by atomic mass is 9.76. The molecule has 0 amide bonds. The van der Waals surface area contributed by atoms with Gasteiger partial charge in [0.1, 0.15) is 0 Å². The van der Waals surface area contributed by atoms with Crippen molar-refractivity contribution in [2.75, 3.05) is 52.5 Å². The quantitative estimate of drug-likeness (QED) is 0.396. The zero-order valence-corrected chi connectivity index (χ0v) is 24.0. The first-order chi connectivity index (χ1) is 15.3. The van der Waals surface area contributed by atoms with Gasteiger partial charge in [-0.1, -0.05) is 19.2 Å². The SMILES string of the molecule is CC(C)(C)N1CCN(S)CC1COCCCC(C)(C)N1CCN(C(C)(C)C)C(C2CCC2)C1. The highest BCUT2D eigenvalue weighted by Crippen LogP contribution is 2.38. The smallest absolute Gasteiger partial charge is 0.0634 e. The highest BCUT2D eigenvalue weighted by Gasteiger charge is 2.43. The molecule has 1 aliphatic carbocycles. The molecule has 1 saturated carbocycles. The Balaban J connectivity index is 1.46. The second-order valence-electron chi connectivity index (χ2n) is 13.5. The molecule has 3 rings (SSSR count). The van der Waals surface area contributed by atoms with E-state index in [-0.39, 0.29) is 16.6 Å². The predicted molar refractivity (Wildman–Crippen MR) is 144 cm³/mol. The Hall–Kier alpha value is 0.150. The molecule has 2 heterocycles. The molecule has 0 aromatic rings. The van der Waals surface area contributed by atoms with Gasteiger partial charge in [0.25, 0.3) is 0 Å². The van der Waals surface area contributed by atoms with E-state index < -0.39 is 0 Å². The standard InChI is InChI=1S/C27H54N4OS/c1-25(2,3)30-17-15-29(33)19-23(30)21-32-18-10-13-27(7,8)28-14-16-31(26(4,5)6)24(20-28)22-11-9-12-22/h22-24,33H,9-21H2,1-8H3. The molecule has 2 atom stereocenters. The van der Waals surface area contributed by atoms with Gasteiger partial charge in [0.15, 0.2) is 0 Å². The first kappa shape index (κ1) is 27.7. The average molecular weight is 483 g/mol. The molecule has 0 aromatic heterocycles. The van der Waals surface area contributed by atoms with Crippen molar-refractivity contribution in [1.82, 2.24) is 19.0 Å². The number of rotatable bonds is 8. The summed E-state index contributed by atoms with van der Waals surface area (Å²) in [4.78, 5) is 8.20. The number of nitrogens with zero attached hydrogens (tertiary/aromatic N) is 4. The maximum Gasteiger partial charge on any atom is 0.0634 e. The maximum absolute atomic E-state index is 6.25. The summed E-state index contributed by atoms with van der Waals surface area (Å²) >= 11 is 4.62. The Kier molecular flexibility index (Phi) is 9.28. The minimum absolute atomic E-state index is 0.178. The highest BCUT2D eigenvalue weighted by atomic mass is 32.1. The van der Waals surface area contributed by atoms with Crippen molar-refractivity contribution in [2.45, 2.75) is 116 Å². The molecule has 33 heavy (non-hydrogen) atoms.